The van der Waals surface area contributed by atoms with Crippen molar-refractivity contribution in [2.75, 3.05) is 0 Å². The predicted octanol–water partition coefficient (Wildman–Crippen LogP) is 14.0. The number of furan rings is 1. The van der Waals surface area contributed by atoms with E-state index in [9.17, 15) is 0 Å². The molecule has 0 saturated carbocycles. The summed E-state index contributed by atoms with van der Waals surface area (Å²) in [4.78, 5) is 14.5. The highest BCUT2D eigenvalue weighted by molar-refractivity contribution is 6.88. The molecule has 282 valence electrons. The summed E-state index contributed by atoms with van der Waals surface area (Å²) >= 11 is 0. The lowest BCUT2D eigenvalue weighted by molar-refractivity contribution is 0.669. The van der Waals surface area contributed by atoms with E-state index in [1.54, 1.807) is 0 Å². The topological polar surface area (TPSA) is 51.8 Å². The molecule has 0 radical (unpaired) electrons. The molecule has 0 atom stereocenters. The maximum absolute atomic E-state index is 8.77. The number of fused-ring (bicyclic) bond motifs is 3. The van der Waals surface area contributed by atoms with Gasteiger partial charge >= 0.3 is 0 Å². The van der Waals surface area contributed by atoms with Crippen molar-refractivity contribution in [1.82, 2.24) is 15.0 Å². The SMILES string of the molecule is [2H]c1c([2H])c([2H])c(-c2nc(-c3cccc(-c4cccc(-c5ccc(-c6ccc(-c7ccc([Si](C)(C)C)cc7)cc6)cc5)c4)c3)nc(-c3ccc4oc5ccccc5c4c3)n2)c([2H])c1[2H]. The minimum absolute atomic E-state index is 0.0203. The zero-order valence-electron chi connectivity index (χ0n) is 37.8. The Labute approximate surface area is 352 Å². The number of rotatable bonds is 8. The highest BCUT2D eigenvalue weighted by Crippen LogP contribution is 2.35. The van der Waals surface area contributed by atoms with Gasteiger partial charge in [0.05, 0.1) is 14.9 Å². The van der Waals surface area contributed by atoms with Crippen molar-refractivity contribution in [2.45, 2.75) is 19.6 Å². The van der Waals surface area contributed by atoms with Gasteiger partial charge in [0.1, 0.15) is 11.2 Å². The van der Waals surface area contributed by atoms with Crippen molar-refractivity contribution in [2.24, 2.45) is 0 Å². The van der Waals surface area contributed by atoms with E-state index in [0.29, 0.717) is 22.5 Å². The van der Waals surface area contributed by atoms with Crippen molar-refractivity contribution in [3.8, 4) is 78.7 Å². The smallest absolute Gasteiger partial charge is 0.164 e. The van der Waals surface area contributed by atoms with Crippen molar-refractivity contribution in [1.29, 1.82) is 0 Å². The summed E-state index contributed by atoms with van der Waals surface area (Å²) < 4.78 is 48.6. The number of aromatic nitrogens is 3. The van der Waals surface area contributed by atoms with Crippen LogP contribution in [0.4, 0.5) is 0 Å². The molecule has 10 aromatic rings. The number of nitrogens with zero attached hydrogens (tertiary/aromatic N) is 3. The Kier molecular flexibility index (Phi) is 7.82. The molecule has 0 amide bonds. The molecule has 59 heavy (non-hydrogen) atoms. The molecule has 4 nitrogen and oxygen atoms in total. The van der Waals surface area contributed by atoms with Gasteiger partial charge in [-0.3, -0.25) is 0 Å². The normalized spacial score (nSPS) is 12.8. The fraction of sp³-hybridized carbons (Fsp3) is 0.0556. The first kappa shape index (κ1) is 30.9. The molecule has 0 saturated heterocycles. The summed E-state index contributed by atoms with van der Waals surface area (Å²) in [7, 11) is -1.35. The molecule has 0 aliphatic carbocycles. The summed E-state index contributed by atoms with van der Waals surface area (Å²) in [6.45, 7) is 7.11. The zero-order valence-corrected chi connectivity index (χ0v) is 33.8. The Balaban J connectivity index is 0.980. The Morgan fingerprint density at radius 1 is 0.373 bits per heavy atom. The van der Waals surface area contributed by atoms with Crippen LogP contribution in [-0.2, 0) is 0 Å². The van der Waals surface area contributed by atoms with Crippen LogP contribution in [-0.4, -0.2) is 23.0 Å². The third-order valence-corrected chi connectivity index (χ3v) is 12.9. The van der Waals surface area contributed by atoms with E-state index in [-0.39, 0.29) is 29.3 Å². The molecule has 0 fully saturated rings. The van der Waals surface area contributed by atoms with Crippen LogP contribution in [0.3, 0.4) is 0 Å². The summed E-state index contributed by atoms with van der Waals surface area (Å²) in [6, 6.07) is 54.0. The van der Waals surface area contributed by atoms with Gasteiger partial charge < -0.3 is 4.42 Å². The molecular formula is C54H41N3OSi. The first-order chi connectivity index (χ1) is 30.9. The Morgan fingerprint density at radius 2 is 0.797 bits per heavy atom. The van der Waals surface area contributed by atoms with Gasteiger partial charge in [0.15, 0.2) is 17.5 Å². The average Bonchev–Trinajstić information content (AvgIpc) is 3.71. The molecule has 8 aromatic carbocycles. The summed E-state index contributed by atoms with van der Waals surface area (Å²) in [5, 5.41) is 3.28. The van der Waals surface area contributed by atoms with Crippen LogP contribution in [0.25, 0.3) is 101 Å². The number of para-hydroxylation sites is 1. The molecule has 0 spiro atoms. The van der Waals surface area contributed by atoms with Crippen molar-refractivity contribution in [3.63, 3.8) is 0 Å². The number of benzene rings is 8. The van der Waals surface area contributed by atoms with E-state index in [1.807, 2.05) is 72.8 Å². The average molecular weight is 781 g/mol. The van der Waals surface area contributed by atoms with Crippen LogP contribution in [0.15, 0.2) is 198 Å². The molecule has 5 heteroatoms. The van der Waals surface area contributed by atoms with E-state index >= 15 is 0 Å². The maximum Gasteiger partial charge on any atom is 0.164 e. The van der Waals surface area contributed by atoms with Gasteiger partial charge in [0, 0.05) is 27.5 Å². The number of hydrogen-bond acceptors (Lipinski definition) is 4. The van der Waals surface area contributed by atoms with Gasteiger partial charge in [-0.05, 0) is 80.9 Å². The second-order valence-corrected chi connectivity index (χ2v) is 20.8. The van der Waals surface area contributed by atoms with Gasteiger partial charge in [-0.2, -0.15) is 0 Å². The molecular weight excluding hydrogens is 735 g/mol. The monoisotopic (exact) mass is 780 g/mol. The predicted molar refractivity (Wildman–Crippen MR) is 248 cm³/mol. The van der Waals surface area contributed by atoms with Gasteiger partial charge in [-0.25, -0.2) is 15.0 Å². The van der Waals surface area contributed by atoms with E-state index < -0.39 is 26.2 Å². The Bertz CT molecular complexity index is 3390. The molecule has 0 aliphatic rings. The largest absolute Gasteiger partial charge is 0.456 e. The minimum atomic E-state index is -1.35. The van der Waals surface area contributed by atoms with Crippen molar-refractivity contribution in [3.05, 3.63) is 194 Å². The maximum atomic E-state index is 8.77. The van der Waals surface area contributed by atoms with Crippen LogP contribution in [0.2, 0.25) is 19.6 Å². The molecule has 0 unspecified atom stereocenters. The van der Waals surface area contributed by atoms with Crippen LogP contribution in [0.1, 0.15) is 6.85 Å². The summed E-state index contributed by atoms with van der Waals surface area (Å²) in [6.07, 6.45) is 0. The molecule has 10 rings (SSSR count). The van der Waals surface area contributed by atoms with E-state index in [4.69, 9.17) is 26.2 Å². The Morgan fingerprint density at radius 3 is 1.37 bits per heavy atom. The van der Waals surface area contributed by atoms with Gasteiger partial charge in [-0.15, -0.1) is 0 Å². The molecule has 0 aliphatic heterocycles. The van der Waals surface area contributed by atoms with Crippen LogP contribution < -0.4 is 5.19 Å². The number of hydrogen-bond donors (Lipinski definition) is 0. The lowest BCUT2D eigenvalue weighted by Crippen LogP contribution is -2.37. The van der Waals surface area contributed by atoms with Crippen molar-refractivity contribution >= 4 is 35.2 Å². The van der Waals surface area contributed by atoms with E-state index in [1.165, 1.54) is 16.3 Å². The van der Waals surface area contributed by atoms with Gasteiger partial charge in [0.2, 0.25) is 0 Å². The zero-order chi connectivity index (χ0) is 44.3. The standard InChI is InChI=1S/C54H41N3OSi/c1-59(2,3)47-30-27-39(28-31-47)38-21-19-36(20-22-38)37-23-25-40(26-24-37)42-13-9-14-43(33-42)44-15-10-16-45(34-44)53-55-52(41-11-5-4-6-12-41)56-54(57-53)46-29-32-51-49(35-46)48-17-7-8-18-50(48)58-51/h4-35H,1-3H3/i4D,5D,6D,11D,12D. The van der Waals surface area contributed by atoms with E-state index in [0.717, 1.165) is 49.7 Å². The molecule has 0 bridgehead atoms. The highest BCUT2D eigenvalue weighted by Gasteiger charge is 2.17. The van der Waals surface area contributed by atoms with Crippen molar-refractivity contribution < 1.29 is 11.3 Å². The van der Waals surface area contributed by atoms with Crippen LogP contribution in [0, 0.1) is 0 Å². The first-order valence-electron chi connectivity index (χ1n) is 22.2. The van der Waals surface area contributed by atoms with E-state index in [2.05, 4.69) is 111 Å². The first-order valence-corrected chi connectivity index (χ1v) is 23.2. The molecule has 2 aromatic heterocycles. The third kappa shape index (κ3) is 7.29. The minimum Gasteiger partial charge on any atom is -0.456 e. The highest BCUT2D eigenvalue weighted by atomic mass is 28.3. The van der Waals surface area contributed by atoms with Crippen LogP contribution in [0.5, 0.6) is 0 Å². The Hall–Kier alpha value is -7.21. The fourth-order valence-electron chi connectivity index (χ4n) is 7.56. The second-order valence-electron chi connectivity index (χ2n) is 15.8. The van der Waals surface area contributed by atoms with Gasteiger partial charge in [0.25, 0.3) is 0 Å². The summed E-state index contributed by atoms with van der Waals surface area (Å²) in [5.41, 5.74) is 11.5. The fourth-order valence-corrected chi connectivity index (χ4v) is 8.73. The lowest BCUT2D eigenvalue weighted by atomic mass is 9.96. The lowest BCUT2D eigenvalue weighted by Gasteiger charge is -2.16. The summed E-state index contributed by atoms with van der Waals surface area (Å²) in [5.74, 6) is 0.566. The van der Waals surface area contributed by atoms with Crippen LogP contribution >= 0.6 is 0 Å². The second kappa shape index (κ2) is 14.9. The molecule has 0 N–H and O–H groups in total. The van der Waals surface area contributed by atoms with Gasteiger partial charge in [-0.1, -0.05) is 182 Å². The quantitative estimate of drug-likeness (QED) is 0.144. The molecule has 2 heterocycles. The third-order valence-electron chi connectivity index (χ3n) is 10.8.